The molecule has 6 heteroatoms. The highest BCUT2D eigenvalue weighted by Crippen LogP contribution is 2.28. The van der Waals surface area contributed by atoms with Gasteiger partial charge in [-0.1, -0.05) is 22.8 Å². The van der Waals surface area contributed by atoms with Crippen molar-refractivity contribution in [1.82, 2.24) is 15.5 Å². The van der Waals surface area contributed by atoms with Crippen LogP contribution in [0, 0.1) is 6.92 Å². The summed E-state index contributed by atoms with van der Waals surface area (Å²) < 4.78 is 10.8. The first-order chi connectivity index (χ1) is 9.72. The molecule has 1 aliphatic rings. The third-order valence-corrected chi connectivity index (χ3v) is 3.50. The summed E-state index contributed by atoms with van der Waals surface area (Å²) in [6, 6.07) is 6.27. The molecule has 0 radical (unpaired) electrons. The van der Waals surface area contributed by atoms with Crippen molar-refractivity contribution >= 4 is 11.6 Å². The van der Waals surface area contributed by atoms with E-state index in [1.54, 1.807) is 6.92 Å². The molecule has 1 N–H and O–H groups in total. The molecule has 3 rings (SSSR count). The fraction of sp³-hybridized carbons (Fsp3) is 0.429. The number of hydrogen-bond donors (Lipinski definition) is 1. The lowest BCUT2D eigenvalue weighted by molar-refractivity contribution is 0.240. The molecule has 0 spiro atoms. The first-order valence-corrected chi connectivity index (χ1v) is 7.03. The van der Waals surface area contributed by atoms with Gasteiger partial charge in [-0.05, 0) is 31.9 Å². The Morgan fingerprint density at radius 3 is 3.00 bits per heavy atom. The maximum absolute atomic E-state index is 6.25. The van der Waals surface area contributed by atoms with Crippen molar-refractivity contribution < 1.29 is 9.26 Å². The molecule has 1 heterocycles. The van der Waals surface area contributed by atoms with E-state index < -0.39 is 0 Å². The second-order valence-electron chi connectivity index (χ2n) is 4.90. The molecular weight excluding hydrogens is 278 g/mol. The molecule has 0 aliphatic heterocycles. The highest BCUT2D eigenvalue weighted by Gasteiger charge is 2.21. The van der Waals surface area contributed by atoms with Crippen LogP contribution in [0.25, 0.3) is 0 Å². The standard InChI is InChI=1S/C14H16ClN3O2/c1-9-17-14(20-18-9)8-19-13-4-2-3-12(15)11(13)7-16-10-5-6-10/h2-4,10,16H,5-8H2,1H3. The number of aryl methyl sites for hydroxylation is 1. The zero-order chi connectivity index (χ0) is 13.9. The van der Waals surface area contributed by atoms with E-state index in [-0.39, 0.29) is 6.61 Å². The van der Waals surface area contributed by atoms with Gasteiger partial charge >= 0.3 is 0 Å². The van der Waals surface area contributed by atoms with Crippen LogP contribution in [0.2, 0.25) is 5.02 Å². The van der Waals surface area contributed by atoms with Crippen molar-refractivity contribution in [3.8, 4) is 5.75 Å². The summed E-state index contributed by atoms with van der Waals surface area (Å²) in [6.07, 6.45) is 2.48. The second kappa shape index (κ2) is 5.81. The van der Waals surface area contributed by atoms with Crippen LogP contribution in [0.1, 0.15) is 30.1 Å². The Hall–Kier alpha value is -1.59. The van der Waals surface area contributed by atoms with Gasteiger partial charge in [0.25, 0.3) is 5.89 Å². The van der Waals surface area contributed by atoms with E-state index in [2.05, 4.69) is 15.5 Å². The third kappa shape index (κ3) is 3.29. The third-order valence-electron chi connectivity index (χ3n) is 3.14. The van der Waals surface area contributed by atoms with Crippen molar-refractivity contribution in [2.75, 3.05) is 0 Å². The van der Waals surface area contributed by atoms with Gasteiger partial charge < -0.3 is 14.6 Å². The van der Waals surface area contributed by atoms with Crippen LogP contribution < -0.4 is 10.1 Å². The SMILES string of the molecule is Cc1noc(COc2cccc(Cl)c2CNC2CC2)n1. The van der Waals surface area contributed by atoms with Crippen molar-refractivity contribution in [2.24, 2.45) is 0 Å². The minimum absolute atomic E-state index is 0.248. The lowest BCUT2D eigenvalue weighted by Gasteiger charge is -2.12. The predicted molar refractivity (Wildman–Crippen MR) is 74.7 cm³/mol. The van der Waals surface area contributed by atoms with E-state index in [1.807, 2.05) is 18.2 Å². The Labute approximate surface area is 122 Å². The lowest BCUT2D eigenvalue weighted by Crippen LogP contribution is -2.16. The van der Waals surface area contributed by atoms with Crippen LogP contribution in [0.3, 0.4) is 0 Å². The van der Waals surface area contributed by atoms with Gasteiger partial charge in [0, 0.05) is 23.2 Å². The quantitative estimate of drug-likeness (QED) is 0.887. The molecule has 5 nitrogen and oxygen atoms in total. The normalized spacial score (nSPS) is 14.5. The summed E-state index contributed by atoms with van der Waals surface area (Å²) in [5, 5.41) is 7.88. The summed E-state index contributed by atoms with van der Waals surface area (Å²) >= 11 is 6.25. The fourth-order valence-electron chi connectivity index (χ4n) is 1.92. The first kappa shape index (κ1) is 13.4. The minimum atomic E-state index is 0.248. The summed E-state index contributed by atoms with van der Waals surface area (Å²) in [5.41, 5.74) is 0.970. The summed E-state index contributed by atoms with van der Waals surface area (Å²) in [5.74, 6) is 1.82. The number of nitrogens with one attached hydrogen (secondary N) is 1. The van der Waals surface area contributed by atoms with Crippen molar-refractivity contribution in [2.45, 2.75) is 39.0 Å². The number of halogens is 1. The number of benzene rings is 1. The molecule has 0 amide bonds. The van der Waals surface area contributed by atoms with Gasteiger partial charge in [-0.2, -0.15) is 4.98 Å². The number of aromatic nitrogens is 2. The van der Waals surface area contributed by atoms with Gasteiger partial charge in [0.15, 0.2) is 12.4 Å². The Morgan fingerprint density at radius 2 is 2.30 bits per heavy atom. The molecule has 0 atom stereocenters. The molecule has 0 saturated heterocycles. The van der Waals surface area contributed by atoms with E-state index in [9.17, 15) is 0 Å². The molecule has 106 valence electrons. The van der Waals surface area contributed by atoms with E-state index in [0.717, 1.165) is 11.3 Å². The van der Waals surface area contributed by atoms with Gasteiger partial charge in [0.2, 0.25) is 0 Å². The van der Waals surface area contributed by atoms with E-state index in [4.69, 9.17) is 20.9 Å². The maximum Gasteiger partial charge on any atom is 0.264 e. The Bertz CT molecular complexity index is 596. The molecule has 1 aromatic carbocycles. The van der Waals surface area contributed by atoms with Crippen molar-refractivity contribution in [3.63, 3.8) is 0 Å². The van der Waals surface area contributed by atoms with E-state index in [0.29, 0.717) is 29.3 Å². The smallest absolute Gasteiger partial charge is 0.264 e. The molecule has 1 aliphatic carbocycles. The predicted octanol–water partition coefficient (Wildman–Crippen LogP) is 2.86. The summed E-state index contributed by atoms with van der Waals surface area (Å²) in [4.78, 5) is 4.11. The summed E-state index contributed by atoms with van der Waals surface area (Å²) in [6.45, 7) is 2.73. The van der Waals surface area contributed by atoms with Crippen LogP contribution in [0.5, 0.6) is 5.75 Å². The van der Waals surface area contributed by atoms with Gasteiger partial charge in [-0.3, -0.25) is 0 Å². The van der Waals surface area contributed by atoms with Gasteiger partial charge in [0.05, 0.1) is 0 Å². The van der Waals surface area contributed by atoms with Crippen LogP contribution >= 0.6 is 11.6 Å². The fourth-order valence-corrected chi connectivity index (χ4v) is 2.15. The average molecular weight is 294 g/mol. The molecular formula is C14H16ClN3O2. The summed E-state index contributed by atoms with van der Waals surface area (Å²) in [7, 11) is 0. The molecule has 0 bridgehead atoms. The second-order valence-corrected chi connectivity index (χ2v) is 5.30. The zero-order valence-corrected chi connectivity index (χ0v) is 12.0. The van der Waals surface area contributed by atoms with E-state index >= 15 is 0 Å². The number of hydrogen-bond acceptors (Lipinski definition) is 5. The Morgan fingerprint density at radius 1 is 1.45 bits per heavy atom. The minimum Gasteiger partial charge on any atom is -0.483 e. The first-order valence-electron chi connectivity index (χ1n) is 6.65. The molecule has 1 saturated carbocycles. The number of ether oxygens (including phenoxy) is 1. The van der Waals surface area contributed by atoms with Crippen LogP contribution in [-0.2, 0) is 13.2 Å². The Balaban J connectivity index is 1.68. The van der Waals surface area contributed by atoms with Gasteiger partial charge in [-0.25, -0.2) is 0 Å². The zero-order valence-electron chi connectivity index (χ0n) is 11.2. The van der Waals surface area contributed by atoms with Crippen molar-refractivity contribution in [3.05, 3.63) is 40.5 Å². The van der Waals surface area contributed by atoms with Gasteiger partial charge in [-0.15, -0.1) is 0 Å². The highest BCUT2D eigenvalue weighted by molar-refractivity contribution is 6.31. The van der Waals surface area contributed by atoms with Gasteiger partial charge in [0.1, 0.15) is 5.75 Å². The monoisotopic (exact) mass is 293 g/mol. The highest BCUT2D eigenvalue weighted by atomic mass is 35.5. The maximum atomic E-state index is 6.25. The molecule has 0 unspecified atom stereocenters. The van der Waals surface area contributed by atoms with Crippen LogP contribution in [-0.4, -0.2) is 16.2 Å². The molecule has 1 aromatic heterocycles. The topological polar surface area (TPSA) is 60.2 Å². The molecule has 20 heavy (non-hydrogen) atoms. The van der Waals surface area contributed by atoms with Crippen molar-refractivity contribution in [1.29, 1.82) is 0 Å². The number of nitrogens with zero attached hydrogens (tertiary/aromatic N) is 2. The molecule has 1 fully saturated rings. The Kier molecular flexibility index (Phi) is 3.89. The van der Waals surface area contributed by atoms with Crippen LogP contribution in [0.4, 0.5) is 0 Å². The van der Waals surface area contributed by atoms with E-state index in [1.165, 1.54) is 12.8 Å². The number of rotatable bonds is 6. The molecule has 2 aromatic rings. The largest absolute Gasteiger partial charge is 0.483 e. The van der Waals surface area contributed by atoms with Crippen LogP contribution in [0.15, 0.2) is 22.7 Å². The lowest BCUT2D eigenvalue weighted by atomic mass is 10.2. The average Bonchev–Trinajstić information content (AvgIpc) is 3.17.